The van der Waals surface area contributed by atoms with Crippen molar-refractivity contribution in [1.82, 2.24) is 63.0 Å². The number of carbonyl (C=O) groups excluding carboxylic acids is 13. The van der Waals surface area contributed by atoms with Crippen LogP contribution in [0.15, 0.2) is 60.7 Å². The third-order valence-corrected chi connectivity index (χ3v) is 13.2. The van der Waals surface area contributed by atoms with Crippen LogP contribution in [0.3, 0.4) is 0 Å². The Morgan fingerprint density at radius 2 is 1.20 bits per heavy atom. The maximum atomic E-state index is 14.6. The molecule has 10 atom stereocenters. The predicted molar refractivity (Wildman–Crippen MR) is 293 cm³/mol. The summed E-state index contributed by atoms with van der Waals surface area (Å²) in [4.78, 5) is 179. The first-order chi connectivity index (χ1) is 38.0. The molecule has 0 aliphatic carbocycles. The lowest BCUT2D eigenvalue weighted by atomic mass is 10.00. The molecule has 1 fully saturated rings. The SMILES string of the molecule is CC(C)C[C@@H]1NC(=O)CNC(=O)[C@H](Cc2ccccc2)N(C)C(=O)[C@@H](C)NC(=O)[C@H](C)NC(=O)C[C@@H](C(=O)N(C)[C@@H](C)C(=O)N[C@@H](CO)C(=O)NCC(N)=O)NC(=O)[C@H](Cc2ccccc2)NC(=O)[C@H](C(C)C)NC(=O)[C@H](C)NC1=O. The van der Waals surface area contributed by atoms with Crippen molar-refractivity contribution >= 4 is 76.8 Å². The van der Waals surface area contributed by atoms with E-state index in [-0.39, 0.29) is 25.2 Å². The number of amides is 13. The first-order valence-corrected chi connectivity index (χ1v) is 26.5. The summed E-state index contributed by atoms with van der Waals surface area (Å²) in [7, 11) is 2.46. The molecule has 1 saturated heterocycles. The Labute approximate surface area is 470 Å². The second-order valence-corrected chi connectivity index (χ2v) is 20.7. The topological polar surface area (TPSA) is 395 Å². The fourth-order valence-electron chi connectivity index (χ4n) is 8.27. The Morgan fingerprint density at radius 3 is 1.75 bits per heavy atom. The van der Waals surface area contributed by atoms with Gasteiger partial charge in [-0.2, -0.15) is 0 Å². The third-order valence-electron chi connectivity index (χ3n) is 13.2. The van der Waals surface area contributed by atoms with Crippen LogP contribution in [-0.2, 0) is 75.2 Å². The van der Waals surface area contributed by atoms with Crippen LogP contribution in [0.1, 0.15) is 79.4 Å². The van der Waals surface area contributed by atoms with E-state index in [1.165, 1.54) is 34.7 Å². The number of carbonyl (C=O) groups is 13. The van der Waals surface area contributed by atoms with Crippen LogP contribution < -0.4 is 58.9 Å². The van der Waals surface area contributed by atoms with Gasteiger partial charge in [0.1, 0.15) is 60.4 Å². The molecule has 27 nitrogen and oxygen atoms in total. The largest absolute Gasteiger partial charge is 0.394 e. The smallest absolute Gasteiger partial charge is 0.246 e. The maximum Gasteiger partial charge on any atom is 0.246 e. The highest BCUT2D eigenvalue weighted by Crippen LogP contribution is 2.14. The second-order valence-electron chi connectivity index (χ2n) is 20.7. The van der Waals surface area contributed by atoms with Gasteiger partial charge in [-0.25, -0.2) is 0 Å². The molecular formula is C54H79N13O14. The molecule has 1 heterocycles. The standard InChI is InChI=1S/C54H79N13O14/c1-28(2)21-36-49(76)59-31(6)46(73)65-44(29(3)4)52(79)62-37(22-34-17-13-11-14-18-34)50(77)63-38(54(81)66(9)33(8)47(74)64-39(27-68)48(75)56-25-41(55)69)24-42(70)58-30(5)45(72)60-32(7)53(80)67(10)40(23-35-19-15-12-16-20-35)51(78)57-26-43(71)61-36/h11-20,28-33,36-40,44,68H,21-27H2,1-10H3,(H2,55,69)(H,56,75)(H,57,78)(H,58,70)(H,59,76)(H,60,72)(H,61,71)(H,62,79)(H,63,77)(H,64,74)(H,65,73)/t30-,31-,32+,33-,36-,37-,38-,39-,40-,44-/m0/s1. The van der Waals surface area contributed by atoms with Crippen molar-refractivity contribution in [2.45, 2.75) is 141 Å². The van der Waals surface area contributed by atoms with E-state index in [0.29, 0.717) is 11.1 Å². The van der Waals surface area contributed by atoms with Crippen LogP contribution in [0.2, 0.25) is 0 Å². The zero-order valence-corrected chi connectivity index (χ0v) is 47.4. The Bertz CT molecular complexity index is 2590. The zero-order chi connectivity index (χ0) is 60.8. The Morgan fingerprint density at radius 1 is 0.654 bits per heavy atom. The number of aliphatic hydroxyl groups is 1. The number of hydrogen-bond acceptors (Lipinski definition) is 14. The van der Waals surface area contributed by atoms with Crippen molar-refractivity contribution < 1.29 is 67.4 Å². The highest BCUT2D eigenvalue weighted by Gasteiger charge is 2.38. The number of likely N-dealkylation sites (N-methyl/N-ethyl adjacent to an activating group) is 2. The fourth-order valence-corrected chi connectivity index (χ4v) is 8.27. The monoisotopic (exact) mass is 1130 g/mol. The van der Waals surface area contributed by atoms with Crippen molar-refractivity contribution in [2.24, 2.45) is 17.6 Å². The molecule has 1 aliphatic heterocycles. The van der Waals surface area contributed by atoms with Gasteiger partial charge >= 0.3 is 0 Å². The van der Waals surface area contributed by atoms with Gasteiger partial charge in [0.15, 0.2) is 0 Å². The molecule has 0 spiro atoms. The minimum atomic E-state index is -1.86. The normalized spacial score (nSPS) is 23.5. The molecule has 13 amide bonds. The summed E-state index contributed by atoms with van der Waals surface area (Å²) in [6, 6.07) is 2.60. The number of rotatable bonds is 15. The average molecular weight is 1130 g/mol. The van der Waals surface area contributed by atoms with Gasteiger partial charge < -0.3 is 73.8 Å². The molecule has 0 unspecified atom stereocenters. The number of benzene rings is 2. The van der Waals surface area contributed by atoms with E-state index in [4.69, 9.17) is 5.73 Å². The van der Waals surface area contributed by atoms with Gasteiger partial charge in [0.25, 0.3) is 0 Å². The van der Waals surface area contributed by atoms with E-state index in [9.17, 15) is 67.4 Å². The van der Waals surface area contributed by atoms with Crippen molar-refractivity contribution in [1.29, 1.82) is 0 Å². The highest BCUT2D eigenvalue weighted by molar-refractivity contribution is 6.00. The lowest BCUT2D eigenvalue weighted by molar-refractivity contribution is -0.144. The molecule has 0 radical (unpaired) electrons. The van der Waals surface area contributed by atoms with Gasteiger partial charge in [-0.15, -0.1) is 0 Å². The molecule has 3 rings (SSSR count). The summed E-state index contributed by atoms with van der Waals surface area (Å²) in [5.74, 6) is -12.5. The van der Waals surface area contributed by atoms with Crippen molar-refractivity contribution in [3.8, 4) is 0 Å². The maximum absolute atomic E-state index is 14.6. The highest BCUT2D eigenvalue weighted by atomic mass is 16.3. The van der Waals surface area contributed by atoms with Gasteiger partial charge in [0.2, 0.25) is 76.8 Å². The van der Waals surface area contributed by atoms with Gasteiger partial charge in [0, 0.05) is 26.9 Å². The van der Waals surface area contributed by atoms with Gasteiger partial charge in [-0.3, -0.25) is 62.3 Å². The first-order valence-electron chi connectivity index (χ1n) is 26.5. The Hall–Kier alpha value is -8.49. The van der Waals surface area contributed by atoms with Crippen molar-refractivity contribution in [3.05, 3.63) is 71.8 Å². The van der Waals surface area contributed by atoms with Crippen LogP contribution in [0.25, 0.3) is 0 Å². The molecule has 0 saturated carbocycles. The summed E-state index contributed by atoms with van der Waals surface area (Å²) < 4.78 is 0. The van der Waals surface area contributed by atoms with Gasteiger partial charge in [0.05, 0.1) is 26.1 Å². The third kappa shape index (κ3) is 21.3. The van der Waals surface area contributed by atoms with Crippen LogP contribution in [0, 0.1) is 11.8 Å². The molecular weight excluding hydrogens is 1050 g/mol. The van der Waals surface area contributed by atoms with Crippen LogP contribution in [-0.4, -0.2) is 186 Å². The minimum absolute atomic E-state index is 0.0396. The van der Waals surface area contributed by atoms with Crippen LogP contribution >= 0.6 is 0 Å². The molecule has 1 aliphatic rings. The van der Waals surface area contributed by atoms with E-state index >= 15 is 0 Å². The van der Waals surface area contributed by atoms with E-state index in [0.717, 1.165) is 16.8 Å². The second kappa shape index (κ2) is 31.9. The summed E-state index contributed by atoms with van der Waals surface area (Å²) in [6.07, 6.45) is -1.05. The predicted octanol–water partition coefficient (Wildman–Crippen LogP) is -4.10. The zero-order valence-electron chi connectivity index (χ0n) is 47.4. The molecule has 2 aromatic rings. The summed E-state index contributed by atoms with van der Waals surface area (Å²) in [5, 5.41) is 34.7. The molecule has 444 valence electrons. The quantitative estimate of drug-likeness (QED) is 0.0807. The number of nitrogens with two attached hydrogens (primary N) is 1. The number of hydrogen-bond donors (Lipinski definition) is 12. The summed E-state index contributed by atoms with van der Waals surface area (Å²) in [5.41, 5.74) is 6.24. The molecule has 27 heteroatoms. The minimum Gasteiger partial charge on any atom is -0.394 e. The number of nitrogens with one attached hydrogen (secondary N) is 10. The van der Waals surface area contributed by atoms with Crippen molar-refractivity contribution in [2.75, 3.05) is 33.8 Å². The Balaban J connectivity index is 2.13. The van der Waals surface area contributed by atoms with Gasteiger partial charge in [-0.1, -0.05) is 88.4 Å². The number of aliphatic hydroxyl groups excluding tert-OH is 1. The fraction of sp³-hybridized carbons (Fsp3) is 0.537. The summed E-state index contributed by atoms with van der Waals surface area (Å²) >= 11 is 0. The average Bonchev–Trinajstić information content (AvgIpc) is 3.41. The lowest BCUT2D eigenvalue weighted by Gasteiger charge is -2.31. The van der Waals surface area contributed by atoms with E-state index < -0.39 is 169 Å². The van der Waals surface area contributed by atoms with E-state index in [2.05, 4.69) is 53.2 Å². The van der Waals surface area contributed by atoms with Gasteiger partial charge in [-0.05, 0) is 57.1 Å². The van der Waals surface area contributed by atoms with E-state index in [1.807, 2.05) is 0 Å². The van der Waals surface area contributed by atoms with Crippen molar-refractivity contribution in [3.63, 3.8) is 0 Å². The lowest BCUT2D eigenvalue weighted by Crippen LogP contribution is -2.61. The molecule has 81 heavy (non-hydrogen) atoms. The number of primary amides is 1. The molecule has 2 aromatic carbocycles. The molecule has 0 aromatic heterocycles. The number of nitrogens with zero attached hydrogens (tertiary/aromatic N) is 2. The van der Waals surface area contributed by atoms with Crippen LogP contribution in [0.4, 0.5) is 0 Å². The first kappa shape index (κ1) is 66.8. The van der Waals surface area contributed by atoms with Crippen LogP contribution in [0.5, 0.6) is 0 Å². The Kier molecular flexibility index (Phi) is 26.3. The summed E-state index contributed by atoms with van der Waals surface area (Å²) in [6.45, 7) is 9.79. The molecule has 13 N–H and O–H groups in total. The van der Waals surface area contributed by atoms with E-state index in [1.54, 1.807) is 88.4 Å². The molecule has 0 bridgehead atoms.